The van der Waals surface area contributed by atoms with E-state index in [4.69, 9.17) is 9.84 Å². The number of carboxylic acid groups (broad SMARTS) is 1. The molecule has 1 amide bonds. The van der Waals surface area contributed by atoms with Gasteiger partial charge in [0.2, 0.25) is 0 Å². The highest BCUT2D eigenvalue weighted by Crippen LogP contribution is 2.20. The topological polar surface area (TPSA) is 109 Å². The van der Waals surface area contributed by atoms with Crippen molar-refractivity contribution < 1.29 is 24.5 Å². The maximum Gasteiger partial charge on any atom is 0.407 e. The van der Waals surface area contributed by atoms with E-state index in [1.807, 2.05) is 0 Å². The van der Waals surface area contributed by atoms with E-state index in [2.05, 4.69) is 10.3 Å². The summed E-state index contributed by atoms with van der Waals surface area (Å²) in [4.78, 5) is 25.8. The Morgan fingerprint density at radius 3 is 2.65 bits per heavy atom. The quantitative estimate of drug-likeness (QED) is 0.765. The smallest absolute Gasteiger partial charge is 0.407 e. The normalized spacial score (nSPS) is 12.8. The predicted molar refractivity (Wildman–Crippen MR) is 72.9 cm³/mol. The Bertz CT molecular complexity index is 480. The largest absolute Gasteiger partial charge is 0.476 e. The van der Waals surface area contributed by atoms with Gasteiger partial charge in [-0.15, -0.1) is 11.3 Å². The van der Waals surface area contributed by atoms with E-state index < -0.39 is 23.8 Å². The van der Waals surface area contributed by atoms with Crippen molar-refractivity contribution in [2.45, 2.75) is 38.9 Å². The van der Waals surface area contributed by atoms with Crippen molar-refractivity contribution in [2.75, 3.05) is 6.54 Å². The molecule has 1 aromatic rings. The lowest BCUT2D eigenvalue weighted by Crippen LogP contribution is -2.33. The minimum atomic E-state index is -1.13. The SMILES string of the molecule is CC(C)(C)OC(=O)NCCC(O)c1nc(C(=O)O)cs1. The van der Waals surface area contributed by atoms with Crippen molar-refractivity contribution in [1.82, 2.24) is 10.3 Å². The number of amides is 1. The average Bonchev–Trinajstić information content (AvgIpc) is 2.75. The second kappa shape index (κ2) is 6.67. The highest BCUT2D eigenvalue weighted by atomic mass is 32.1. The molecule has 20 heavy (non-hydrogen) atoms. The first-order valence-corrected chi connectivity index (χ1v) is 6.90. The van der Waals surface area contributed by atoms with Gasteiger partial charge in [0.25, 0.3) is 0 Å². The summed E-state index contributed by atoms with van der Waals surface area (Å²) in [5, 5.41) is 22.7. The summed E-state index contributed by atoms with van der Waals surface area (Å²) >= 11 is 1.07. The number of rotatable bonds is 5. The number of carbonyl (C=O) groups is 2. The Kier molecular flexibility index (Phi) is 5.46. The van der Waals surface area contributed by atoms with E-state index in [0.717, 1.165) is 11.3 Å². The van der Waals surface area contributed by atoms with Crippen LogP contribution in [0.15, 0.2) is 5.38 Å². The lowest BCUT2D eigenvalue weighted by Gasteiger charge is -2.19. The first kappa shape index (κ1) is 16.4. The van der Waals surface area contributed by atoms with Crippen LogP contribution in [0.1, 0.15) is 48.8 Å². The van der Waals surface area contributed by atoms with Crippen LogP contribution < -0.4 is 5.32 Å². The molecule has 0 radical (unpaired) electrons. The molecule has 0 spiro atoms. The van der Waals surface area contributed by atoms with Crippen molar-refractivity contribution in [2.24, 2.45) is 0 Å². The molecule has 0 bridgehead atoms. The molecule has 8 heteroatoms. The molecular weight excluding hydrogens is 284 g/mol. The summed E-state index contributed by atoms with van der Waals surface area (Å²) in [5.74, 6) is -1.13. The van der Waals surface area contributed by atoms with Crippen molar-refractivity contribution in [3.63, 3.8) is 0 Å². The maximum atomic E-state index is 11.4. The van der Waals surface area contributed by atoms with Gasteiger partial charge in [-0.25, -0.2) is 14.6 Å². The fourth-order valence-electron chi connectivity index (χ4n) is 1.29. The second-order valence-electron chi connectivity index (χ2n) is 5.11. The van der Waals surface area contributed by atoms with E-state index in [1.54, 1.807) is 20.8 Å². The number of ether oxygens (including phenoxy) is 1. The molecule has 0 aliphatic rings. The highest BCUT2D eigenvalue weighted by molar-refractivity contribution is 7.09. The predicted octanol–water partition coefficient (Wildman–Crippen LogP) is 1.79. The summed E-state index contributed by atoms with van der Waals surface area (Å²) in [6, 6.07) is 0. The van der Waals surface area contributed by atoms with Crippen LogP contribution in [0.4, 0.5) is 4.79 Å². The Hall–Kier alpha value is -1.67. The molecule has 7 nitrogen and oxygen atoms in total. The lowest BCUT2D eigenvalue weighted by atomic mass is 10.2. The number of carboxylic acids is 1. The molecule has 0 aromatic carbocycles. The van der Waals surface area contributed by atoms with Crippen molar-refractivity contribution in [1.29, 1.82) is 0 Å². The van der Waals surface area contributed by atoms with Crippen molar-refractivity contribution in [3.05, 3.63) is 16.1 Å². The van der Waals surface area contributed by atoms with E-state index in [0.29, 0.717) is 5.01 Å². The first-order chi connectivity index (χ1) is 9.19. The number of alkyl carbamates (subject to hydrolysis) is 1. The fourth-order valence-corrected chi connectivity index (χ4v) is 2.10. The number of nitrogens with one attached hydrogen (secondary N) is 1. The highest BCUT2D eigenvalue weighted by Gasteiger charge is 2.18. The van der Waals surface area contributed by atoms with Crippen LogP contribution in [0.5, 0.6) is 0 Å². The number of nitrogens with zero attached hydrogens (tertiary/aromatic N) is 1. The second-order valence-corrected chi connectivity index (χ2v) is 6.00. The van der Waals surface area contributed by atoms with Crippen molar-refractivity contribution >= 4 is 23.4 Å². The number of carbonyl (C=O) groups excluding carboxylic acids is 1. The van der Waals surface area contributed by atoms with Crippen LogP contribution in [-0.2, 0) is 4.74 Å². The van der Waals surface area contributed by atoms with Gasteiger partial charge in [-0.2, -0.15) is 0 Å². The number of aliphatic hydroxyl groups is 1. The van der Waals surface area contributed by atoms with Gasteiger partial charge in [0, 0.05) is 11.9 Å². The molecule has 0 aliphatic carbocycles. The zero-order valence-corrected chi connectivity index (χ0v) is 12.4. The average molecular weight is 302 g/mol. The zero-order chi connectivity index (χ0) is 15.3. The summed E-state index contributed by atoms with van der Waals surface area (Å²) in [6.45, 7) is 5.47. The molecule has 1 rings (SSSR count). The maximum absolute atomic E-state index is 11.4. The molecule has 0 saturated heterocycles. The molecular formula is C12H18N2O5S. The third-order valence-corrected chi connectivity index (χ3v) is 3.06. The number of hydrogen-bond donors (Lipinski definition) is 3. The summed E-state index contributed by atoms with van der Waals surface area (Å²) in [5.41, 5.74) is -0.668. The minimum absolute atomic E-state index is 0.0934. The minimum Gasteiger partial charge on any atom is -0.476 e. The molecule has 1 unspecified atom stereocenters. The van der Waals surface area contributed by atoms with Gasteiger partial charge in [0.05, 0.1) is 0 Å². The number of aromatic nitrogens is 1. The molecule has 0 saturated carbocycles. The number of aromatic carboxylic acids is 1. The number of aliphatic hydroxyl groups excluding tert-OH is 1. The first-order valence-electron chi connectivity index (χ1n) is 6.02. The standard InChI is InChI=1S/C12H18N2O5S/c1-12(2,3)19-11(18)13-5-4-8(15)9-14-7(6-20-9)10(16)17/h6,8,15H,4-5H2,1-3H3,(H,13,18)(H,16,17). The van der Waals surface area contributed by atoms with Gasteiger partial charge in [-0.1, -0.05) is 0 Å². The Labute approximate surface area is 120 Å². The molecule has 0 aliphatic heterocycles. The van der Waals surface area contributed by atoms with Gasteiger partial charge in [0.15, 0.2) is 5.69 Å². The molecule has 1 aromatic heterocycles. The Morgan fingerprint density at radius 2 is 2.15 bits per heavy atom. The monoisotopic (exact) mass is 302 g/mol. The van der Waals surface area contributed by atoms with E-state index in [1.165, 1.54) is 5.38 Å². The number of hydrogen-bond acceptors (Lipinski definition) is 6. The zero-order valence-electron chi connectivity index (χ0n) is 11.5. The van der Waals surface area contributed by atoms with Crippen LogP contribution in [0.3, 0.4) is 0 Å². The summed E-state index contributed by atoms with van der Waals surface area (Å²) in [7, 11) is 0. The Morgan fingerprint density at radius 1 is 1.50 bits per heavy atom. The van der Waals surface area contributed by atoms with Crippen LogP contribution in [-0.4, -0.2) is 39.4 Å². The van der Waals surface area contributed by atoms with Gasteiger partial charge in [0.1, 0.15) is 16.7 Å². The van der Waals surface area contributed by atoms with Gasteiger partial charge in [-0.05, 0) is 27.2 Å². The van der Waals surface area contributed by atoms with Gasteiger partial charge in [-0.3, -0.25) is 0 Å². The molecule has 3 N–H and O–H groups in total. The van der Waals surface area contributed by atoms with Crippen LogP contribution >= 0.6 is 11.3 Å². The van der Waals surface area contributed by atoms with Gasteiger partial charge < -0.3 is 20.3 Å². The van der Waals surface area contributed by atoms with E-state index >= 15 is 0 Å². The molecule has 1 heterocycles. The van der Waals surface area contributed by atoms with Gasteiger partial charge >= 0.3 is 12.1 Å². The Balaban J connectivity index is 2.38. The molecule has 1 atom stereocenters. The molecule has 0 fully saturated rings. The number of thiazole rings is 1. The third kappa shape index (κ3) is 5.54. The van der Waals surface area contributed by atoms with E-state index in [-0.39, 0.29) is 18.7 Å². The van der Waals surface area contributed by atoms with Crippen LogP contribution in [0.2, 0.25) is 0 Å². The van der Waals surface area contributed by atoms with Crippen LogP contribution in [0, 0.1) is 0 Å². The lowest BCUT2D eigenvalue weighted by molar-refractivity contribution is 0.0518. The van der Waals surface area contributed by atoms with E-state index in [9.17, 15) is 14.7 Å². The van der Waals surface area contributed by atoms with Crippen molar-refractivity contribution in [3.8, 4) is 0 Å². The summed E-state index contributed by atoms with van der Waals surface area (Å²) < 4.78 is 5.04. The molecule has 112 valence electrons. The third-order valence-electron chi connectivity index (χ3n) is 2.11. The van der Waals surface area contributed by atoms with Crippen LogP contribution in [0.25, 0.3) is 0 Å². The summed E-state index contributed by atoms with van der Waals surface area (Å²) in [6.07, 6.45) is -1.25. The fraction of sp³-hybridized carbons (Fsp3) is 0.583.